The second-order valence-electron chi connectivity index (χ2n) is 4.39. The average molecular weight is 243 g/mol. The highest BCUT2D eigenvalue weighted by Gasteiger charge is 2.36. The zero-order chi connectivity index (χ0) is 11.8. The molecule has 0 radical (unpaired) electrons. The maximum absolute atomic E-state index is 11.1. The third-order valence-electron chi connectivity index (χ3n) is 2.95. The van der Waals surface area contributed by atoms with Gasteiger partial charge in [-0.15, -0.1) is 0 Å². The number of sulfone groups is 1. The third kappa shape index (κ3) is 2.12. The summed E-state index contributed by atoms with van der Waals surface area (Å²) in [7, 11) is -0.880. The average Bonchev–Trinajstić information content (AvgIpc) is 2.62. The Balaban J connectivity index is 2.14. The first-order valence-corrected chi connectivity index (χ1v) is 7.24. The van der Waals surface area contributed by atoms with E-state index in [1.807, 2.05) is 17.8 Å². The van der Waals surface area contributed by atoms with Gasteiger partial charge >= 0.3 is 0 Å². The number of hydrogen-bond acceptors (Lipinski definition) is 4. The van der Waals surface area contributed by atoms with Gasteiger partial charge in [0, 0.05) is 24.4 Å². The summed E-state index contributed by atoms with van der Waals surface area (Å²) < 4.78 is 24.2. The van der Waals surface area contributed by atoms with Gasteiger partial charge in [0.1, 0.15) is 0 Å². The standard InChI is InChI=1S/C10H17N3O2S/c1-8(5-11-2)10-3-4-12-13(10)9-6-16(14,15)7-9/h3-4,8-9,11H,5-7H2,1-2H3. The fourth-order valence-corrected chi connectivity index (χ4v) is 3.47. The molecule has 0 amide bonds. The monoisotopic (exact) mass is 243 g/mol. The van der Waals surface area contributed by atoms with Crippen LogP contribution in [-0.2, 0) is 9.84 Å². The van der Waals surface area contributed by atoms with Crippen LogP contribution >= 0.6 is 0 Å². The molecule has 6 heteroatoms. The predicted octanol–water partition coefficient (Wildman–Crippen LogP) is 0.175. The van der Waals surface area contributed by atoms with Gasteiger partial charge < -0.3 is 5.32 Å². The lowest BCUT2D eigenvalue weighted by atomic mass is 10.1. The van der Waals surface area contributed by atoms with E-state index in [-0.39, 0.29) is 17.5 Å². The highest BCUT2D eigenvalue weighted by Crippen LogP contribution is 2.26. The topological polar surface area (TPSA) is 64.0 Å². The number of likely N-dealkylation sites (N-methyl/N-ethyl adjacent to an activating group) is 1. The molecule has 2 rings (SSSR count). The Morgan fingerprint density at radius 1 is 1.62 bits per heavy atom. The lowest BCUT2D eigenvalue weighted by molar-refractivity contribution is 0.447. The molecule has 1 aliphatic heterocycles. The van der Waals surface area contributed by atoms with Crippen LogP contribution in [-0.4, -0.2) is 43.3 Å². The van der Waals surface area contributed by atoms with Crippen molar-refractivity contribution in [2.45, 2.75) is 18.9 Å². The maximum Gasteiger partial charge on any atom is 0.154 e. The highest BCUT2D eigenvalue weighted by atomic mass is 32.2. The number of hydrogen-bond donors (Lipinski definition) is 1. The molecule has 1 atom stereocenters. The van der Waals surface area contributed by atoms with Gasteiger partial charge in [-0.25, -0.2) is 8.42 Å². The van der Waals surface area contributed by atoms with E-state index < -0.39 is 9.84 Å². The molecule has 1 saturated heterocycles. The van der Waals surface area contributed by atoms with E-state index in [0.29, 0.717) is 5.92 Å². The smallest absolute Gasteiger partial charge is 0.154 e. The molecule has 0 saturated carbocycles. The molecule has 0 aliphatic carbocycles. The largest absolute Gasteiger partial charge is 0.319 e. The Morgan fingerprint density at radius 2 is 2.31 bits per heavy atom. The third-order valence-corrected chi connectivity index (χ3v) is 4.74. The van der Waals surface area contributed by atoms with E-state index in [4.69, 9.17) is 0 Å². The lowest BCUT2D eigenvalue weighted by Crippen LogP contribution is -2.39. The Kier molecular flexibility index (Phi) is 3.03. The summed E-state index contributed by atoms with van der Waals surface area (Å²) in [6, 6.07) is 2.00. The van der Waals surface area contributed by atoms with Gasteiger partial charge in [0.15, 0.2) is 9.84 Å². The van der Waals surface area contributed by atoms with Crippen LogP contribution in [0.3, 0.4) is 0 Å². The summed E-state index contributed by atoms with van der Waals surface area (Å²) in [5.74, 6) is 0.804. The molecule has 0 bridgehead atoms. The van der Waals surface area contributed by atoms with Gasteiger partial charge in [0.05, 0.1) is 17.5 Å². The van der Waals surface area contributed by atoms with E-state index in [2.05, 4.69) is 17.3 Å². The second-order valence-corrected chi connectivity index (χ2v) is 6.54. The van der Waals surface area contributed by atoms with Crippen LogP contribution < -0.4 is 5.32 Å². The second kappa shape index (κ2) is 4.18. The Morgan fingerprint density at radius 3 is 2.88 bits per heavy atom. The summed E-state index contributed by atoms with van der Waals surface area (Å²) in [4.78, 5) is 0. The van der Waals surface area contributed by atoms with Crippen LogP contribution in [0, 0.1) is 0 Å². The van der Waals surface area contributed by atoms with Crippen molar-refractivity contribution >= 4 is 9.84 Å². The number of nitrogens with one attached hydrogen (secondary N) is 1. The van der Waals surface area contributed by atoms with Crippen LogP contribution in [0.15, 0.2) is 12.3 Å². The molecule has 1 N–H and O–H groups in total. The fraction of sp³-hybridized carbons (Fsp3) is 0.700. The van der Waals surface area contributed by atoms with E-state index in [9.17, 15) is 8.42 Å². The summed E-state index contributed by atoms with van der Waals surface area (Å²) in [5, 5.41) is 7.35. The van der Waals surface area contributed by atoms with Gasteiger partial charge in [0.2, 0.25) is 0 Å². The Bertz CT molecular complexity index is 454. The predicted molar refractivity (Wildman–Crippen MR) is 62.3 cm³/mol. The van der Waals surface area contributed by atoms with Gasteiger partial charge in [-0.2, -0.15) is 5.10 Å². The Labute approximate surface area is 95.8 Å². The summed E-state index contributed by atoms with van der Waals surface area (Å²) >= 11 is 0. The first kappa shape index (κ1) is 11.6. The summed E-state index contributed by atoms with van der Waals surface area (Å²) in [6.45, 7) is 2.97. The minimum atomic E-state index is -2.79. The first-order chi connectivity index (χ1) is 7.53. The fourth-order valence-electron chi connectivity index (χ4n) is 2.11. The lowest BCUT2D eigenvalue weighted by Gasteiger charge is -2.28. The van der Waals surface area contributed by atoms with E-state index >= 15 is 0 Å². The highest BCUT2D eigenvalue weighted by molar-refractivity contribution is 7.92. The van der Waals surface area contributed by atoms with E-state index in [0.717, 1.165) is 12.2 Å². The summed E-state index contributed by atoms with van der Waals surface area (Å²) in [5.41, 5.74) is 1.11. The van der Waals surface area contributed by atoms with Crippen LogP contribution in [0.5, 0.6) is 0 Å². The number of aromatic nitrogens is 2. The van der Waals surface area contributed by atoms with Gasteiger partial charge in [0.25, 0.3) is 0 Å². The molecule has 1 fully saturated rings. The normalized spacial score (nSPS) is 21.6. The molecule has 90 valence electrons. The van der Waals surface area contributed by atoms with Crippen LogP contribution in [0.1, 0.15) is 24.6 Å². The number of nitrogens with zero attached hydrogens (tertiary/aromatic N) is 2. The SMILES string of the molecule is CNCC(C)c1ccnn1C1CS(=O)(=O)C1. The molecule has 1 aromatic heterocycles. The van der Waals surface area contributed by atoms with Crippen LogP contribution in [0.4, 0.5) is 0 Å². The van der Waals surface area contributed by atoms with Gasteiger partial charge in [-0.3, -0.25) is 4.68 Å². The minimum Gasteiger partial charge on any atom is -0.319 e. The van der Waals surface area contributed by atoms with Crippen molar-refractivity contribution in [1.29, 1.82) is 0 Å². The molecular formula is C10H17N3O2S. The molecule has 5 nitrogen and oxygen atoms in total. The molecule has 1 unspecified atom stereocenters. The maximum atomic E-state index is 11.1. The summed E-state index contributed by atoms with van der Waals surface area (Å²) in [6.07, 6.45) is 1.74. The van der Waals surface area contributed by atoms with Crippen molar-refractivity contribution in [2.24, 2.45) is 0 Å². The van der Waals surface area contributed by atoms with Crippen molar-refractivity contribution in [2.75, 3.05) is 25.1 Å². The molecule has 16 heavy (non-hydrogen) atoms. The van der Waals surface area contributed by atoms with Crippen molar-refractivity contribution < 1.29 is 8.42 Å². The first-order valence-electron chi connectivity index (χ1n) is 5.42. The molecule has 0 spiro atoms. The van der Waals surface area contributed by atoms with Gasteiger partial charge in [-0.05, 0) is 13.1 Å². The molecule has 1 aliphatic rings. The van der Waals surface area contributed by atoms with Crippen LogP contribution in [0.25, 0.3) is 0 Å². The molecule has 2 heterocycles. The van der Waals surface area contributed by atoms with Crippen molar-refractivity contribution in [3.8, 4) is 0 Å². The van der Waals surface area contributed by atoms with Crippen molar-refractivity contribution in [1.82, 2.24) is 15.1 Å². The van der Waals surface area contributed by atoms with E-state index in [1.54, 1.807) is 6.20 Å². The Hall–Kier alpha value is -0.880. The quantitative estimate of drug-likeness (QED) is 0.819. The zero-order valence-electron chi connectivity index (χ0n) is 9.55. The molecule has 0 aromatic carbocycles. The number of rotatable bonds is 4. The molecule has 1 aromatic rings. The van der Waals surface area contributed by atoms with E-state index in [1.165, 1.54) is 0 Å². The van der Waals surface area contributed by atoms with Gasteiger partial charge in [-0.1, -0.05) is 6.92 Å². The van der Waals surface area contributed by atoms with Crippen molar-refractivity contribution in [3.63, 3.8) is 0 Å². The zero-order valence-corrected chi connectivity index (χ0v) is 10.4. The van der Waals surface area contributed by atoms with Crippen molar-refractivity contribution in [3.05, 3.63) is 18.0 Å². The minimum absolute atomic E-state index is 0.0364. The molecular weight excluding hydrogens is 226 g/mol. The van der Waals surface area contributed by atoms with Crippen LogP contribution in [0.2, 0.25) is 0 Å².